The van der Waals surface area contributed by atoms with Gasteiger partial charge in [-0.25, -0.2) is 0 Å². The molecular weight excluding hydrogens is 312 g/mol. The van der Waals surface area contributed by atoms with Gasteiger partial charge in [0.25, 0.3) is 5.91 Å². The standard InChI is InChI=1S/C17H21ClN4O/c1-12-14(11-21(2)20-12)17(23)22-9-7-13(8-10-22)19-16-6-4-3-5-15(16)18/h3-6,11,13,19H,7-10H2,1-2H3. The van der Waals surface area contributed by atoms with E-state index < -0.39 is 0 Å². The largest absolute Gasteiger partial charge is 0.381 e. The van der Waals surface area contributed by atoms with Gasteiger partial charge in [0.05, 0.1) is 22.0 Å². The van der Waals surface area contributed by atoms with Gasteiger partial charge in [0, 0.05) is 32.4 Å². The number of piperidine rings is 1. The van der Waals surface area contributed by atoms with Crippen molar-refractivity contribution in [3.8, 4) is 0 Å². The zero-order valence-corrected chi connectivity index (χ0v) is 14.2. The number of aromatic nitrogens is 2. The molecule has 0 spiro atoms. The van der Waals surface area contributed by atoms with E-state index in [4.69, 9.17) is 11.6 Å². The Hall–Kier alpha value is -2.01. The third-order valence-electron chi connectivity index (χ3n) is 4.26. The highest BCUT2D eigenvalue weighted by atomic mass is 35.5. The quantitative estimate of drug-likeness (QED) is 0.939. The molecule has 0 atom stereocenters. The van der Waals surface area contributed by atoms with Crippen LogP contribution in [0, 0.1) is 6.92 Å². The minimum absolute atomic E-state index is 0.0757. The molecule has 1 amide bonds. The van der Waals surface area contributed by atoms with Crippen molar-refractivity contribution in [1.29, 1.82) is 0 Å². The topological polar surface area (TPSA) is 50.2 Å². The third kappa shape index (κ3) is 3.50. The molecule has 0 radical (unpaired) electrons. The normalized spacial score (nSPS) is 15.7. The fourth-order valence-corrected chi connectivity index (χ4v) is 3.20. The summed E-state index contributed by atoms with van der Waals surface area (Å²) in [5, 5.41) is 8.46. The van der Waals surface area contributed by atoms with Crippen LogP contribution in [0.3, 0.4) is 0 Å². The van der Waals surface area contributed by atoms with Crippen LogP contribution in [0.5, 0.6) is 0 Å². The number of carbonyl (C=O) groups excluding carboxylic acids is 1. The van der Waals surface area contributed by atoms with Crippen molar-refractivity contribution >= 4 is 23.2 Å². The predicted molar refractivity (Wildman–Crippen MR) is 91.9 cm³/mol. The minimum Gasteiger partial charge on any atom is -0.381 e. The second-order valence-corrected chi connectivity index (χ2v) is 6.40. The molecule has 23 heavy (non-hydrogen) atoms. The van der Waals surface area contributed by atoms with Crippen LogP contribution in [-0.4, -0.2) is 39.7 Å². The summed E-state index contributed by atoms with van der Waals surface area (Å²) in [6.45, 7) is 3.36. The predicted octanol–water partition coefficient (Wildman–Crippen LogP) is 3.10. The zero-order chi connectivity index (χ0) is 16.4. The van der Waals surface area contributed by atoms with Crippen molar-refractivity contribution in [3.05, 3.63) is 46.7 Å². The maximum absolute atomic E-state index is 12.6. The molecule has 1 fully saturated rings. The molecule has 1 aromatic heterocycles. The lowest BCUT2D eigenvalue weighted by Gasteiger charge is -2.33. The van der Waals surface area contributed by atoms with Crippen LogP contribution in [0.25, 0.3) is 0 Å². The van der Waals surface area contributed by atoms with E-state index in [9.17, 15) is 4.79 Å². The second kappa shape index (κ2) is 6.62. The average molecular weight is 333 g/mol. The first-order valence-corrected chi connectivity index (χ1v) is 8.23. The second-order valence-electron chi connectivity index (χ2n) is 5.99. The van der Waals surface area contributed by atoms with Gasteiger partial charge in [-0.1, -0.05) is 23.7 Å². The molecule has 1 aliphatic rings. The number of likely N-dealkylation sites (tertiary alicyclic amines) is 1. The number of aryl methyl sites for hydroxylation is 2. The maximum atomic E-state index is 12.6. The van der Waals surface area contributed by atoms with Crippen molar-refractivity contribution in [2.24, 2.45) is 7.05 Å². The molecule has 3 rings (SSSR count). The first kappa shape index (κ1) is 15.9. The Morgan fingerprint density at radius 3 is 2.61 bits per heavy atom. The maximum Gasteiger partial charge on any atom is 0.257 e. The van der Waals surface area contributed by atoms with Crippen LogP contribution in [0.2, 0.25) is 5.02 Å². The number of carbonyl (C=O) groups is 1. The van der Waals surface area contributed by atoms with Gasteiger partial charge in [0.1, 0.15) is 0 Å². The number of anilines is 1. The first-order valence-electron chi connectivity index (χ1n) is 7.85. The summed E-state index contributed by atoms with van der Waals surface area (Å²) in [5.74, 6) is 0.0757. The van der Waals surface area contributed by atoms with Gasteiger partial charge in [0.2, 0.25) is 0 Å². The molecule has 0 aliphatic carbocycles. The van der Waals surface area contributed by atoms with E-state index >= 15 is 0 Å². The van der Waals surface area contributed by atoms with Gasteiger partial charge in [-0.2, -0.15) is 5.10 Å². The Morgan fingerprint density at radius 2 is 2.00 bits per heavy atom. The van der Waals surface area contributed by atoms with E-state index in [0.29, 0.717) is 11.6 Å². The number of halogens is 1. The Labute approximate surface area is 141 Å². The lowest BCUT2D eigenvalue weighted by atomic mass is 10.0. The number of amides is 1. The lowest BCUT2D eigenvalue weighted by molar-refractivity contribution is 0.0717. The summed E-state index contributed by atoms with van der Waals surface area (Å²) >= 11 is 6.19. The summed E-state index contributed by atoms with van der Waals surface area (Å²) in [6.07, 6.45) is 3.62. The van der Waals surface area contributed by atoms with Crippen molar-refractivity contribution in [2.45, 2.75) is 25.8 Å². The number of nitrogens with zero attached hydrogens (tertiary/aromatic N) is 3. The van der Waals surface area contributed by atoms with Crippen molar-refractivity contribution in [2.75, 3.05) is 18.4 Å². The Kier molecular flexibility index (Phi) is 4.57. The molecule has 2 heterocycles. The molecule has 2 aromatic rings. The smallest absolute Gasteiger partial charge is 0.257 e. The highest BCUT2D eigenvalue weighted by Gasteiger charge is 2.25. The van der Waals surface area contributed by atoms with Crippen LogP contribution in [0.1, 0.15) is 28.9 Å². The molecule has 1 saturated heterocycles. The van der Waals surface area contributed by atoms with Gasteiger partial charge in [-0.15, -0.1) is 0 Å². The van der Waals surface area contributed by atoms with Crippen molar-refractivity contribution in [3.63, 3.8) is 0 Å². The molecule has 122 valence electrons. The molecule has 6 heteroatoms. The Balaban J connectivity index is 1.59. The Morgan fingerprint density at radius 1 is 1.30 bits per heavy atom. The van der Waals surface area contributed by atoms with Crippen molar-refractivity contribution in [1.82, 2.24) is 14.7 Å². The van der Waals surface area contributed by atoms with Crippen LogP contribution < -0.4 is 5.32 Å². The van der Waals surface area contributed by atoms with Gasteiger partial charge in [-0.05, 0) is 31.9 Å². The van der Waals surface area contributed by atoms with E-state index in [-0.39, 0.29) is 5.91 Å². The van der Waals surface area contributed by atoms with E-state index in [1.165, 1.54) is 0 Å². The molecule has 1 aromatic carbocycles. The molecule has 0 saturated carbocycles. The fraction of sp³-hybridized carbons (Fsp3) is 0.412. The molecular formula is C17H21ClN4O. The average Bonchev–Trinajstić information content (AvgIpc) is 2.88. The van der Waals surface area contributed by atoms with Gasteiger partial charge >= 0.3 is 0 Å². The number of para-hydroxylation sites is 1. The van der Waals surface area contributed by atoms with Gasteiger partial charge < -0.3 is 10.2 Å². The SMILES string of the molecule is Cc1nn(C)cc1C(=O)N1CCC(Nc2ccccc2Cl)CC1. The van der Waals surface area contributed by atoms with Crippen LogP contribution >= 0.6 is 11.6 Å². The molecule has 5 nitrogen and oxygen atoms in total. The summed E-state index contributed by atoms with van der Waals surface area (Å²) in [7, 11) is 1.84. The van der Waals surface area contributed by atoms with E-state index in [0.717, 1.165) is 42.3 Å². The van der Waals surface area contributed by atoms with E-state index in [2.05, 4.69) is 10.4 Å². The fourth-order valence-electron chi connectivity index (χ4n) is 3.01. The van der Waals surface area contributed by atoms with Crippen molar-refractivity contribution < 1.29 is 4.79 Å². The van der Waals surface area contributed by atoms with E-state index in [1.807, 2.05) is 43.1 Å². The number of hydrogen-bond donors (Lipinski definition) is 1. The van der Waals surface area contributed by atoms with E-state index in [1.54, 1.807) is 10.9 Å². The molecule has 0 bridgehead atoms. The molecule has 1 N–H and O–H groups in total. The number of benzene rings is 1. The van der Waals surface area contributed by atoms with Crippen LogP contribution in [0.15, 0.2) is 30.5 Å². The molecule has 1 aliphatic heterocycles. The van der Waals surface area contributed by atoms with Gasteiger partial charge in [0.15, 0.2) is 0 Å². The summed E-state index contributed by atoms with van der Waals surface area (Å²) < 4.78 is 1.69. The van der Waals surface area contributed by atoms with Crippen LogP contribution in [-0.2, 0) is 7.05 Å². The third-order valence-corrected chi connectivity index (χ3v) is 4.59. The highest BCUT2D eigenvalue weighted by Crippen LogP contribution is 2.24. The highest BCUT2D eigenvalue weighted by molar-refractivity contribution is 6.33. The summed E-state index contributed by atoms with van der Waals surface area (Å²) in [6, 6.07) is 8.10. The number of hydrogen-bond acceptors (Lipinski definition) is 3. The summed E-state index contributed by atoms with van der Waals surface area (Å²) in [4.78, 5) is 14.5. The zero-order valence-electron chi connectivity index (χ0n) is 13.4. The number of nitrogens with one attached hydrogen (secondary N) is 1. The molecule has 0 unspecified atom stereocenters. The minimum atomic E-state index is 0.0757. The van der Waals surface area contributed by atoms with Gasteiger partial charge in [-0.3, -0.25) is 9.48 Å². The lowest BCUT2D eigenvalue weighted by Crippen LogP contribution is -2.42. The number of rotatable bonds is 3. The first-order chi connectivity index (χ1) is 11.0. The summed E-state index contributed by atoms with van der Waals surface area (Å²) in [5.41, 5.74) is 2.45. The monoisotopic (exact) mass is 332 g/mol. The van der Waals surface area contributed by atoms with Crippen LogP contribution in [0.4, 0.5) is 5.69 Å². The Bertz CT molecular complexity index is 704.